The van der Waals surface area contributed by atoms with Crippen molar-refractivity contribution in [3.8, 4) is 0 Å². The maximum absolute atomic E-state index is 14.0. The van der Waals surface area contributed by atoms with Crippen LogP contribution in [0.1, 0.15) is 91.4 Å². The maximum atomic E-state index is 14.0. The highest BCUT2D eigenvalue weighted by Crippen LogP contribution is 2.53. The Labute approximate surface area is 227 Å². The van der Waals surface area contributed by atoms with Crippen LogP contribution < -0.4 is 16.4 Å². The number of fused-ring (bicyclic) bond motifs is 1. The molecule has 4 rings (SSSR count). The van der Waals surface area contributed by atoms with E-state index in [0.717, 1.165) is 57.8 Å². The summed E-state index contributed by atoms with van der Waals surface area (Å²) in [6, 6.07) is -2.22. The second-order valence-corrected chi connectivity index (χ2v) is 13.4. The molecule has 0 bridgehead atoms. The number of likely N-dealkylation sites (tertiary alicyclic amines) is 1. The van der Waals surface area contributed by atoms with Crippen LogP contribution in [0.5, 0.6) is 0 Å². The number of ketones is 1. The second kappa shape index (κ2) is 11.5. The van der Waals surface area contributed by atoms with Gasteiger partial charge in [0.25, 0.3) is 5.91 Å². The molecule has 3 saturated carbocycles. The number of hydrogen-bond acceptors (Lipinski definition) is 5. The van der Waals surface area contributed by atoms with E-state index in [2.05, 4.69) is 38.0 Å². The van der Waals surface area contributed by atoms with Gasteiger partial charge in [0.05, 0.1) is 12.1 Å². The fraction of sp³-hybridized carbons (Fsp3) is 0.800. The number of hydrogen-bond donors (Lipinski definition) is 3. The molecule has 8 nitrogen and oxygen atoms in total. The maximum Gasteiger partial charge on any atom is 0.289 e. The van der Waals surface area contributed by atoms with E-state index in [-0.39, 0.29) is 41.0 Å². The Bertz CT molecular complexity index is 937. The van der Waals surface area contributed by atoms with Gasteiger partial charge in [0.15, 0.2) is 0 Å². The lowest BCUT2D eigenvalue weighted by molar-refractivity contribution is -0.145. The molecule has 0 aromatic rings. The number of Topliss-reactive ketones (excluding diaryl/α,β-unsaturated/α-hetero) is 1. The summed E-state index contributed by atoms with van der Waals surface area (Å²) in [5.41, 5.74) is 6.42. The lowest BCUT2D eigenvalue weighted by Gasteiger charge is -2.41. The predicted molar refractivity (Wildman–Crippen MR) is 147 cm³/mol. The molecule has 3 amide bonds. The van der Waals surface area contributed by atoms with E-state index in [1.807, 2.05) is 0 Å². The zero-order valence-electron chi connectivity index (χ0n) is 23.6. The van der Waals surface area contributed by atoms with Crippen LogP contribution in [-0.4, -0.2) is 59.6 Å². The molecule has 5 atom stereocenters. The highest BCUT2D eigenvalue weighted by Gasteiger charge is 2.57. The largest absolute Gasteiger partial charge is 0.346 e. The number of carbonyl (C=O) groups is 4. The van der Waals surface area contributed by atoms with E-state index >= 15 is 0 Å². The van der Waals surface area contributed by atoms with Gasteiger partial charge in [-0.1, -0.05) is 65.4 Å². The Morgan fingerprint density at radius 3 is 2.32 bits per heavy atom. The highest BCUT2D eigenvalue weighted by molar-refractivity contribution is 6.38. The van der Waals surface area contributed by atoms with Crippen LogP contribution in [0.2, 0.25) is 0 Å². The SMILES string of the molecule is C=CCNC(=O)C(=O)C(CC1CCC1)NC(=O)[C@@H]1[C@H]2CCC(C)(C)[C@H]2CN1C(=O)[C@@H](N)C1(C)CCCCC1. The van der Waals surface area contributed by atoms with Crippen molar-refractivity contribution in [3.63, 3.8) is 0 Å². The first kappa shape index (κ1) is 28.8. The zero-order chi connectivity index (χ0) is 27.7. The van der Waals surface area contributed by atoms with Crippen LogP contribution in [-0.2, 0) is 19.2 Å². The van der Waals surface area contributed by atoms with Gasteiger partial charge in [-0.3, -0.25) is 19.2 Å². The van der Waals surface area contributed by atoms with Crippen LogP contribution in [0.15, 0.2) is 12.7 Å². The molecule has 38 heavy (non-hydrogen) atoms. The Morgan fingerprint density at radius 1 is 1.03 bits per heavy atom. The molecular formula is C30H48N4O4. The lowest BCUT2D eigenvalue weighted by Crippen LogP contribution is -2.59. The molecule has 3 aliphatic carbocycles. The predicted octanol–water partition coefficient (Wildman–Crippen LogP) is 3.09. The summed E-state index contributed by atoms with van der Waals surface area (Å²) in [7, 11) is 0. The van der Waals surface area contributed by atoms with Crippen molar-refractivity contribution in [2.75, 3.05) is 13.1 Å². The van der Waals surface area contributed by atoms with Gasteiger partial charge in [-0.15, -0.1) is 6.58 Å². The minimum absolute atomic E-state index is 0.0167. The number of nitrogens with two attached hydrogens (primary N) is 1. The van der Waals surface area contributed by atoms with Crippen molar-refractivity contribution in [2.45, 2.75) is 110 Å². The van der Waals surface area contributed by atoms with Gasteiger partial charge in [0.2, 0.25) is 17.6 Å². The van der Waals surface area contributed by atoms with Crippen molar-refractivity contribution in [1.82, 2.24) is 15.5 Å². The fourth-order valence-electron chi connectivity index (χ4n) is 7.49. The molecule has 4 N–H and O–H groups in total. The third kappa shape index (κ3) is 5.70. The van der Waals surface area contributed by atoms with E-state index < -0.39 is 29.8 Å². The Balaban J connectivity index is 1.56. The van der Waals surface area contributed by atoms with E-state index in [1.54, 1.807) is 4.90 Å². The third-order valence-electron chi connectivity index (χ3n) is 10.4. The number of carbonyl (C=O) groups excluding carboxylic acids is 4. The van der Waals surface area contributed by atoms with Crippen molar-refractivity contribution in [2.24, 2.45) is 34.3 Å². The van der Waals surface area contributed by atoms with Gasteiger partial charge in [0, 0.05) is 13.1 Å². The van der Waals surface area contributed by atoms with Crippen molar-refractivity contribution in [1.29, 1.82) is 0 Å². The summed E-state index contributed by atoms with van der Waals surface area (Å²) < 4.78 is 0. The van der Waals surface area contributed by atoms with Gasteiger partial charge in [-0.05, 0) is 60.7 Å². The average Bonchev–Trinajstić information content (AvgIpc) is 3.40. The van der Waals surface area contributed by atoms with Gasteiger partial charge in [-0.2, -0.15) is 0 Å². The molecule has 0 spiro atoms. The fourth-order valence-corrected chi connectivity index (χ4v) is 7.49. The van der Waals surface area contributed by atoms with E-state index in [9.17, 15) is 19.2 Å². The minimum Gasteiger partial charge on any atom is -0.346 e. The molecule has 8 heteroatoms. The van der Waals surface area contributed by atoms with Crippen LogP contribution in [0.3, 0.4) is 0 Å². The van der Waals surface area contributed by atoms with Gasteiger partial charge in [-0.25, -0.2) is 0 Å². The van der Waals surface area contributed by atoms with Crippen LogP contribution in [0.4, 0.5) is 0 Å². The number of rotatable bonds is 10. The molecule has 0 aromatic heterocycles. The summed E-state index contributed by atoms with van der Waals surface area (Å²) in [5.74, 6) is -1.27. The number of nitrogens with one attached hydrogen (secondary N) is 2. The molecule has 212 valence electrons. The highest BCUT2D eigenvalue weighted by atomic mass is 16.2. The smallest absolute Gasteiger partial charge is 0.289 e. The third-order valence-corrected chi connectivity index (χ3v) is 10.4. The molecule has 1 saturated heterocycles. The molecular weight excluding hydrogens is 480 g/mol. The average molecular weight is 529 g/mol. The summed E-state index contributed by atoms with van der Waals surface area (Å²) in [4.78, 5) is 55.3. The molecule has 1 aliphatic heterocycles. The Hall–Kier alpha value is -2.22. The molecule has 0 aromatic carbocycles. The van der Waals surface area contributed by atoms with Crippen LogP contribution in [0.25, 0.3) is 0 Å². The summed E-state index contributed by atoms with van der Waals surface area (Å²) in [5, 5.41) is 5.51. The summed E-state index contributed by atoms with van der Waals surface area (Å²) in [6.45, 7) is 10.8. The van der Waals surface area contributed by atoms with Crippen LogP contribution >= 0.6 is 0 Å². The van der Waals surface area contributed by atoms with Crippen molar-refractivity contribution >= 4 is 23.5 Å². The first-order valence-corrected chi connectivity index (χ1v) is 14.8. The van der Waals surface area contributed by atoms with Crippen molar-refractivity contribution in [3.05, 3.63) is 12.7 Å². The molecule has 1 unspecified atom stereocenters. The number of nitrogens with zero attached hydrogens (tertiary/aromatic N) is 1. The monoisotopic (exact) mass is 528 g/mol. The lowest BCUT2D eigenvalue weighted by atomic mass is 9.70. The molecule has 4 fully saturated rings. The molecule has 1 heterocycles. The van der Waals surface area contributed by atoms with Gasteiger partial charge < -0.3 is 21.3 Å². The number of amides is 3. The first-order chi connectivity index (χ1) is 18.0. The van der Waals surface area contributed by atoms with E-state index in [0.29, 0.717) is 18.9 Å². The second-order valence-electron chi connectivity index (χ2n) is 13.4. The van der Waals surface area contributed by atoms with E-state index in [1.165, 1.54) is 12.5 Å². The van der Waals surface area contributed by atoms with Gasteiger partial charge in [0.1, 0.15) is 6.04 Å². The normalized spacial score (nSPS) is 29.5. The molecule has 0 radical (unpaired) electrons. The van der Waals surface area contributed by atoms with Crippen molar-refractivity contribution < 1.29 is 19.2 Å². The topological polar surface area (TPSA) is 122 Å². The Kier molecular flexibility index (Phi) is 8.70. The standard InChI is InChI=1S/C30H48N4O4/c1-5-16-32-27(37)24(35)22(17-19-10-9-11-19)33-26(36)23-20-12-15-29(2,3)21(20)18-34(23)28(38)25(31)30(4)13-7-6-8-14-30/h5,19-23,25H,1,6-18,31H2,2-4H3,(H,32,37)(H,33,36)/t20-,21-,22?,23-,25+/m0/s1. The Morgan fingerprint density at radius 2 is 1.71 bits per heavy atom. The quantitative estimate of drug-likeness (QED) is 0.297. The van der Waals surface area contributed by atoms with E-state index in [4.69, 9.17) is 5.73 Å². The summed E-state index contributed by atoms with van der Waals surface area (Å²) >= 11 is 0. The molecule has 4 aliphatic rings. The zero-order valence-corrected chi connectivity index (χ0v) is 23.6. The minimum atomic E-state index is -0.896. The van der Waals surface area contributed by atoms with Crippen LogP contribution in [0, 0.1) is 28.6 Å². The van der Waals surface area contributed by atoms with Gasteiger partial charge >= 0.3 is 0 Å². The summed E-state index contributed by atoms with van der Waals surface area (Å²) in [6.07, 6.45) is 12.0. The first-order valence-electron chi connectivity index (χ1n) is 14.8.